The highest BCUT2D eigenvalue weighted by atomic mass is 16.7. The SMILES string of the molecule is CC(CO)C1OC(=O)C=C2C13OC3C1OC(=O)C3(C)C1[C@@]2(C)C[C@H]1O[C@H]13. The van der Waals surface area contributed by atoms with E-state index in [0.29, 0.717) is 0 Å². The molecule has 1 N–H and O–H groups in total. The molecule has 0 aromatic rings. The molecular weight excluding hydrogens is 340 g/mol. The van der Waals surface area contributed by atoms with Crippen LogP contribution in [0.1, 0.15) is 27.2 Å². The largest absolute Gasteiger partial charge is 0.459 e. The van der Waals surface area contributed by atoms with Gasteiger partial charge >= 0.3 is 11.9 Å². The first-order valence-corrected chi connectivity index (χ1v) is 9.37. The first-order valence-electron chi connectivity index (χ1n) is 9.37. The predicted molar refractivity (Wildman–Crippen MR) is 84.7 cm³/mol. The lowest BCUT2D eigenvalue weighted by Gasteiger charge is -2.53. The van der Waals surface area contributed by atoms with Gasteiger partial charge in [-0.2, -0.15) is 0 Å². The van der Waals surface area contributed by atoms with E-state index in [1.54, 1.807) is 6.08 Å². The van der Waals surface area contributed by atoms with Gasteiger partial charge in [0.2, 0.25) is 0 Å². The number of cyclic esters (lactones) is 1. The molecule has 1 spiro atoms. The van der Waals surface area contributed by atoms with E-state index in [-0.39, 0.29) is 48.8 Å². The summed E-state index contributed by atoms with van der Waals surface area (Å²) in [6, 6.07) is 0. The van der Waals surface area contributed by atoms with Crippen LogP contribution < -0.4 is 0 Å². The van der Waals surface area contributed by atoms with Gasteiger partial charge < -0.3 is 24.1 Å². The maximum absolute atomic E-state index is 12.8. The summed E-state index contributed by atoms with van der Waals surface area (Å²) in [5.41, 5.74) is -1.04. The summed E-state index contributed by atoms with van der Waals surface area (Å²) in [6.45, 7) is 5.77. The number of hydrogen-bond acceptors (Lipinski definition) is 7. The maximum Gasteiger partial charge on any atom is 0.331 e. The van der Waals surface area contributed by atoms with Crippen LogP contribution in [0.15, 0.2) is 11.6 Å². The molecule has 26 heavy (non-hydrogen) atoms. The van der Waals surface area contributed by atoms with E-state index < -0.39 is 28.5 Å². The van der Waals surface area contributed by atoms with Crippen LogP contribution in [0.3, 0.4) is 0 Å². The zero-order valence-electron chi connectivity index (χ0n) is 14.9. The minimum absolute atomic E-state index is 0.00691. The van der Waals surface area contributed by atoms with Gasteiger partial charge in [-0.05, 0) is 18.9 Å². The molecule has 7 unspecified atom stereocenters. The van der Waals surface area contributed by atoms with Crippen LogP contribution in [0.25, 0.3) is 0 Å². The number of carbonyl (C=O) groups is 2. The zero-order valence-corrected chi connectivity index (χ0v) is 14.9. The number of carbonyl (C=O) groups excluding carboxylic acids is 2. The Morgan fingerprint density at radius 2 is 2.04 bits per heavy atom. The van der Waals surface area contributed by atoms with E-state index in [4.69, 9.17) is 18.9 Å². The van der Waals surface area contributed by atoms with Crippen molar-refractivity contribution in [2.24, 2.45) is 22.7 Å². The van der Waals surface area contributed by atoms with E-state index in [0.717, 1.165) is 12.0 Å². The normalized spacial score (nSPS) is 59.0. The van der Waals surface area contributed by atoms with Crippen molar-refractivity contribution >= 4 is 11.9 Å². The molecule has 0 bridgehead atoms. The van der Waals surface area contributed by atoms with Crippen LogP contribution in [-0.2, 0) is 28.5 Å². The van der Waals surface area contributed by atoms with E-state index >= 15 is 0 Å². The van der Waals surface area contributed by atoms with E-state index in [9.17, 15) is 14.7 Å². The molecule has 4 aliphatic heterocycles. The second-order valence-corrected chi connectivity index (χ2v) is 9.25. The Morgan fingerprint density at radius 1 is 1.27 bits per heavy atom. The number of aliphatic hydroxyl groups excluding tert-OH is 1. The molecule has 3 saturated heterocycles. The van der Waals surface area contributed by atoms with E-state index in [1.165, 1.54) is 0 Å². The van der Waals surface area contributed by atoms with Gasteiger partial charge in [0.25, 0.3) is 0 Å². The number of rotatable bonds is 2. The summed E-state index contributed by atoms with van der Waals surface area (Å²) < 4.78 is 23.5. The molecule has 10 atom stereocenters. The van der Waals surface area contributed by atoms with Crippen molar-refractivity contribution < 1.29 is 33.6 Å². The van der Waals surface area contributed by atoms with Crippen molar-refractivity contribution in [1.29, 1.82) is 0 Å². The van der Waals surface area contributed by atoms with Crippen molar-refractivity contribution in [3.8, 4) is 0 Å². The first kappa shape index (κ1) is 15.6. The summed E-state index contributed by atoms with van der Waals surface area (Å²) in [5.74, 6) is -0.996. The standard InChI is InChI=1S/C19H22O7/c1-7(6-20)13-19-9(4-10(21)24-13)17(2)5-8-14(23-8)18(3)12(17)11(15(19)26-19)25-16(18)22/h4,7-8,11-15,20H,5-6H2,1-3H3/t7?,8-,11?,12?,13?,14-,15?,17+,18?,19?/m1/s1. The van der Waals surface area contributed by atoms with E-state index in [1.807, 2.05) is 13.8 Å². The second-order valence-electron chi connectivity index (χ2n) is 9.25. The Morgan fingerprint density at radius 3 is 2.77 bits per heavy atom. The summed E-state index contributed by atoms with van der Waals surface area (Å²) >= 11 is 0. The fourth-order valence-corrected chi connectivity index (χ4v) is 6.80. The van der Waals surface area contributed by atoms with Gasteiger partial charge in [-0.1, -0.05) is 13.8 Å². The molecule has 5 fully saturated rings. The number of aliphatic hydroxyl groups is 1. The van der Waals surface area contributed by atoms with E-state index in [2.05, 4.69) is 6.92 Å². The van der Waals surface area contributed by atoms with Crippen LogP contribution in [-0.4, -0.2) is 59.8 Å². The monoisotopic (exact) mass is 362 g/mol. The third-order valence-corrected chi connectivity index (χ3v) is 7.90. The molecule has 0 aromatic carbocycles. The molecule has 2 aliphatic carbocycles. The third kappa shape index (κ3) is 1.40. The van der Waals surface area contributed by atoms with Crippen molar-refractivity contribution in [2.45, 2.75) is 63.3 Å². The van der Waals surface area contributed by atoms with Crippen LogP contribution in [0.2, 0.25) is 0 Å². The Labute approximate surface area is 150 Å². The highest BCUT2D eigenvalue weighted by Crippen LogP contribution is 2.75. The second kappa shape index (κ2) is 4.18. The average molecular weight is 362 g/mol. The molecule has 6 aliphatic rings. The minimum atomic E-state index is -0.792. The lowest BCUT2D eigenvalue weighted by Crippen LogP contribution is -2.62. The van der Waals surface area contributed by atoms with Crippen LogP contribution in [0.5, 0.6) is 0 Å². The Kier molecular flexibility index (Phi) is 2.51. The van der Waals surface area contributed by atoms with Gasteiger partial charge in [0, 0.05) is 29.9 Å². The lowest BCUT2D eigenvalue weighted by atomic mass is 9.47. The van der Waals surface area contributed by atoms with Gasteiger partial charge in [-0.25, -0.2) is 4.79 Å². The Hall–Kier alpha value is -1.44. The van der Waals surface area contributed by atoms with Gasteiger partial charge in [0.15, 0.2) is 5.60 Å². The molecule has 0 radical (unpaired) electrons. The summed E-state index contributed by atoms with van der Waals surface area (Å²) in [5, 5.41) is 9.68. The average Bonchev–Trinajstić information content (AvgIpc) is 3.48. The number of ether oxygens (including phenoxy) is 4. The van der Waals surface area contributed by atoms with Gasteiger partial charge in [0.1, 0.15) is 29.8 Å². The number of epoxide rings is 2. The molecule has 6 rings (SSSR count). The van der Waals surface area contributed by atoms with Crippen LogP contribution in [0.4, 0.5) is 0 Å². The molecule has 7 nitrogen and oxygen atoms in total. The fourth-order valence-electron chi connectivity index (χ4n) is 6.80. The third-order valence-electron chi connectivity index (χ3n) is 7.90. The molecule has 7 heteroatoms. The van der Waals surface area contributed by atoms with Crippen LogP contribution >= 0.6 is 0 Å². The van der Waals surface area contributed by atoms with Crippen molar-refractivity contribution in [3.63, 3.8) is 0 Å². The van der Waals surface area contributed by atoms with Gasteiger partial charge in [-0.15, -0.1) is 0 Å². The number of hydrogen-bond donors (Lipinski definition) is 1. The quantitative estimate of drug-likeness (QED) is 0.559. The summed E-state index contributed by atoms with van der Waals surface area (Å²) in [6.07, 6.45) is 0.918. The van der Waals surface area contributed by atoms with Gasteiger partial charge in [-0.3, -0.25) is 4.79 Å². The summed E-state index contributed by atoms with van der Waals surface area (Å²) in [4.78, 5) is 25.2. The van der Waals surface area contributed by atoms with Crippen LogP contribution in [0, 0.1) is 22.7 Å². The molecule has 140 valence electrons. The highest BCUT2D eigenvalue weighted by molar-refractivity contribution is 5.87. The zero-order chi connectivity index (χ0) is 18.2. The number of fused-ring (bicyclic) bond motifs is 4. The molecule has 0 amide bonds. The van der Waals surface area contributed by atoms with Gasteiger partial charge in [0.05, 0.1) is 6.10 Å². The van der Waals surface area contributed by atoms with Crippen molar-refractivity contribution in [3.05, 3.63) is 11.6 Å². The Balaban J connectivity index is 1.56. The first-order chi connectivity index (χ1) is 12.3. The molecule has 2 saturated carbocycles. The Bertz CT molecular complexity index is 791. The molecular formula is C19H22O7. The summed E-state index contributed by atoms with van der Waals surface area (Å²) in [7, 11) is 0. The smallest absolute Gasteiger partial charge is 0.331 e. The topological polar surface area (TPSA) is 97.9 Å². The highest BCUT2D eigenvalue weighted by Gasteiger charge is 2.86. The minimum Gasteiger partial charge on any atom is -0.459 e. The molecule has 0 aromatic heterocycles. The maximum atomic E-state index is 12.8. The number of esters is 2. The van der Waals surface area contributed by atoms with Crippen molar-refractivity contribution in [2.75, 3.05) is 6.61 Å². The molecule has 4 heterocycles. The fraction of sp³-hybridized carbons (Fsp3) is 0.789. The van der Waals surface area contributed by atoms with Crippen molar-refractivity contribution in [1.82, 2.24) is 0 Å². The predicted octanol–water partition coefficient (Wildman–Crippen LogP) is 0.343. The lowest BCUT2D eigenvalue weighted by molar-refractivity contribution is -0.155.